The van der Waals surface area contributed by atoms with Gasteiger partial charge in [0.2, 0.25) is 5.89 Å². The van der Waals surface area contributed by atoms with Crippen LogP contribution >= 0.6 is 15.9 Å². The van der Waals surface area contributed by atoms with Crippen molar-refractivity contribution in [2.75, 3.05) is 18.0 Å². The van der Waals surface area contributed by atoms with E-state index in [1.54, 1.807) is 12.1 Å². The minimum absolute atomic E-state index is 0.0693. The highest BCUT2D eigenvalue weighted by atomic mass is 79.9. The molecule has 0 aliphatic heterocycles. The van der Waals surface area contributed by atoms with E-state index in [9.17, 15) is 4.79 Å². The predicted molar refractivity (Wildman–Crippen MR) is 107 cm³/mol. The summed E-state index contributed by atoms with van der Waals surface area (Å²) in [6.07, 6.45) is 0. The van der Waals surface area contributed by atoms with Crippen molar-refractivity contribution in [2.45, 2.75) is 20.5 Å². The average molecular weight is 430 g/mol. The second-order valence-corrected chi connectivity index (χ2v) is 6.72. The van der Waals surface area contributed by atoms with Crippen LogP contribution in [0.4, 0.5) is 5.69 Å². The van der Waals surface area contributed by atoms with Crippen LogP contribution in [-0.4, -0.2) is 29.3 Å². The largest absolute Gasteiger partial charge is 0.452 e. The molecule has 0 aliphatic carbocycles. The lowest BCUT2D eigenvalue weighted by molar-refractivity contribution is 0.0438. The summed E-state index contributed by atoms with van der Waals surface area (Å²) >= 11 is 3.38. The standard InChI is InChI=1S/C20H20BrN3O3/c1-3-24(4-2)17-11-7-15(8-12-17)20(25)26-13-18-22-23-19(27-18)14-5-9-16(21)10-6-14/h5-12H,3-4,13H2,1-2H3. The molecule has 0 N–H and O–H groups in total. The van der Waals surface area contributed by atoms with E-state index in [0.29, 0.717) is 11.5 Å². The highest BCUT2D eigenvalue weighted by Gasteiger charge is 2.13. The average Bonchev–Trinajstić information content (AvgIpc) is 3.17. The molecule has 2 aromatic carbocycles. The van der Waals surface area contributed by atoms with Crippen molar-refractivity contribution in [2.24, 2.45) is 0 Å². The van der Waals surface area contributed by atoms with Crippen LogP contribution in [0.1, 0.15) is 30.1 Å². The lowest BCUT2D eigenvalue weighted by atomic mass is 10.2. The second kappa shape index (κ2) is 8.81. The van der Waals surface area contributed by atoms with Crippen LogP contribution < -0.4 is 4.90 Å². The topological polar surface area (TPSA) is 68.5 Å². The van der Waals surface area contributed by atoms with Crippen LogP contribution in [0.5, 0.6) is 0 Å². The molecule has 7 heteroatoms. The first-order valence-corrected chi connectivity index (χ1v) is 9.50. The molecule has 3 rings (SSSR count). The van der Waals surface area contributed by atoms with Crippen LogP contribution in [0, 0.1) is 0 Å². The fraction of sp³-hybridized carbons (Fsp3) is 0.250. The highest BCUT2D eigenvalue weighted by molar-refractivity contribution is 9.10. The third kappa shape index (κ3) is 4.74. The second-order valence-electron chi connectivity index (χ2n) is 5.80. The molecule has 0 amide bonds. The van der Waals surface area contributed by atoms with Crippen LogP contribution in [-0.2, 0) is 11.3 Å². The smallest absolute Gasteiger partial charge is 0.338 e. The summed E-state index contributed by atoms with van der Waals surface area (Å²) in [6.45, 7) is 5.95. The van der Waals surface area contributed by atoms with Crippen molar-refractivity contribution in [3.8, 4) is 11.5 Å². The first-order chi connectivity index (χ1) is 13.1. The summed E-state index contributed by atoms with van der Waals surface area (Å²) in [5.74, 6) is 0.211. The fourth-order valence-corrected chi connectivity index (χ4v) is 2.89. The van der Waals surface area contributed by atoms with Crippen LogP contribution in [0.25, 0.3) is 11.5 Å². The van der Waals surface area contributed by atoms with Gasteiger partial charge in [-0.05, 0) is 62.4 Å². The van der Waals surface area contributed by atoms with Crippen molar-refractivity contribution < 1.29 is 13.9 Å². The van der Waals surface area contributed by atoms with E-state index < -0.39 is 5.97 Å². The molecule has 0 spiro atoms. The van der Waals surface area contributed by atoms with Gasteiger partial charge in [0.05, 0.1) is 5.56 Å². The van der Waals surface area contributed by atoms with Gasteiger partial charge < -0.3 is 14.1 Å². The summed E-state index contributed by atoms with van der Waals surface area (Å²) in [4.78, 5) is 14.4. The summed E-state index contributed by atoms with van der Waals surface area (Å²) < 4.78 is 11.8. The molecule has 140 valence electrons. The molecule has 6 nitrogen and oxygen atoms in total. The Hall–Kier alpha value is -2.67. The number of aromatic nitrogens is 2. The molecule has 1 aromatic heterocycles. The fourth-order valence-electron chi connectivity index (χ4n) is 2.63. The molecule has 0 saturated heterocycles. The van der Waals surface area contributed by atoms with Crippen LogP contribution in [0.3, 0.4) is 0 Å². The number of hydrogen-bond donors (Lipinski definition) is 0. The Labute approximate surface area is 166 Å². The molecular formula is C20H20BrN3O3. The van der Waals surface area contributed by atoms with Crippen molar-refractivity contribution >= 4 is 27.6 Å². The van der Waals surface area contributed by atoms with Gasteiger partial charge in [-0.1, -0.05) is 15.9 Å². The Bertz CT molecular complexity index is 888. The predicted octanol–water partition coefficient (Wildman–Crippen LogP) is 4.70. The van der Waals surface area contributed by atoms with Crippen LogP contribution in [0.15, 0.2) is 57.4 Å². The maximum atomic E-state index is 12.2. The van der Waals surface area contributed by atoms with Gasteiger partial charge in [-0.2, -0.15) is 0 Å². The van der Waals surface area contributed by atoms with E-state index in [1.807, 2.05) is 36.4 Å². The van der Waals surface area contributed by atoms with Gasteiger partial charge in [0.25, 0.3) is 5.89 Å². The van der Waals surface area contributed by atoms with Gasteiger partial charge in [-0.15, -0.1) is 10.2 Å². The number of nitrogens with zero attached hydrogens (tertiary/aromatic N) is 3. The summed E-state index contributed by atoms with van der Waals surface area (Å²) in [5.41, 5.74) is 2.36. The van der Waals surface area contributed by atoms with E-state index >= 15 is 0 Å². The van der Waals surface area contributed by atoms with Crippen molar-refractivity contribution in [3.05, 3.63) is 64.5 Å². The van der Waals surface area contributed by atoms with E-state index in [1.165, 1.54) is 0 Å². The Morgan fingerprint density at radius 3 is 2.33 bits per heavy atom. The number of ether oxygens (including phenoxy) is 1. The summed E-state index contributed by atoms with van der Waals surface area (Å²) in [7, 11) is 0. The van der Waals surface area contributed by atoms with Gasteiger partial charge in [0, 0.05) is 28.8 Å². The molecule has 0 atom stereocenters. The van der Waals surface area contributed by atoms with Gasteiger partial charge in [0.15, 0.2) is 6.61 Å². The normalized spacial score (nSPS) is 10.6. The Morgan fingerprint density at radius 2 is 1.70 bits per heavy atom. The van der Waals surface area contributed by atoms with Crippen molar-refractivity contribution in [3.63, 3.8) is 0 Å². The zero-order valence-corrected chi connectivity index (χ0v) is 16.8. The lowest BCUT2D eigenvalue weighted by Gasteiger charge is -2.20. The first-order valence-electron chi connectivity index (χ1n) is 8.71. The number of esters is 1. The van der Waals surface area contributed by atoms with Gasteiger partial charge >= 0.3 is 5.97 Å². The van der Waals surface area contributed by atoms with E-state index in [-0.39, 0.29) is 12.5 Å². The maximum absolute atomic E-state index is 12.2. The number of benzene rings is 2. The molecule has 3 aromatic rings. The molecule has 0 fully saturated rings. The molecule has 0 radical (unpaired) electrons. The van der Waals surface area contributed by atoms with Crippen LogP contribution in [0.2, 0.25) is 0 Å². The summed E-state index contributed by atoms with van der Waals surface area (Å²) in [6, 6.07) is 14.9. The quantitative estimate of drug-likeness (QED) is 0.506. The lowest BCUT2D eigenvalue weighted by Crippen LogP contribution is -2.21. The van der Waals surface area contributed by atoms with Crippen molar-refractivity contribution in [1.82, 2.24) is 10.2 Å². The number of halogens is 1. The molecule has 0 bridgehead atoms. The number of rotatable bonds is 7. The number of hydrogen-bond acceptors (Lipinski definition) is 6. The molecule has 0 aliphatic rings. The third-order valence-electron chi connectivity index (χ3n) is 4.12. The Morgan fingerprint density at radius 1 is 1.04 bits per heavy atom. The first kappa shape index (κ1) is 19.1. The van der Waals surface area contributed by atoms with Gasteiger partial charge in [0.1, 0.15) is 0 Å². The van der Waals surface area contributed by atoms with Gasteiger partial charge in [-0.3, -0.25) is 0 Å². The van der Waals surface area contributed by atoms with E-state index in [2.05, 4.69) is 44.9 Å². The zero-order chi connectivity index (χ0) is 19.2. The monoisotopic (exact) mass is 429 g/mol. The minimum atomic E-state index is -0.426. The maximum Gasteiger partial charge on any atom is 0.338 e. The molecule has 0 unspecified atom stereocenters. The molecule has 27 heavy (non-hydrogen) atoms. The van der Waals surface area contributed by atoms with E-state index in [0.717, 1.165) is 28.8 Å². The zero-order valence-electron chi connectivity index (χ0n) is 15.2. The Balaban J connectivity index is 1.60. The number of carbonyl (C=O) groups excluding carboxylic acids is 1. The molecule has 1 heterocycles. The summed E-state index contributed by atoms with van der Waals surface area (Å²) in [5, 5.41) is 7.92. The SMILES string of the molecule is CCN(CC)c1ccc(C(=O)OCc2nnc(-c3ccc(Br)cc3)o2)cc1. The highest BCUT2D eigenvalue weighted by Crippen LogP contribution is 2.21. The molecule has 0 saturated carbocycles. The van der Waals surface area contributed by atoms with E-state index in [4.69, 9.17) is 9.15 Å². The minimum Gasteiger partial charge on any atom is -0.452 e. The van der Waals surface area contributed by atoms with Crippen molar-refractivity contribution in [1.29, 1.82) is 0 Å². The third-order valence-corrected chi connectivity index (χ3v) is 4.65. The number of carbonyl (C=O) groups is 1. The van der Waals surface area contributed by atoms with Gasteiger partial charge in [-0.25, -0.2) is 4.79 Å². The molecular weight excluding hydrogens is 410 g/mol. The number of anilines is 1. The Kier molecular flexibility index (Phi) is 6.24.